The molecular formula is C22H36N4O8. The molecule has 0 aliphatic carbocycles. The van der Waals surface area contributed by atoms with Gasteiger partial charge in [-0.2, -0.15) is 0 Å². The van der Waals surface area contributed by atoms with E-state index in [1.54, 1.807) is 41.5 Å². The summed E-state index contributed by atoms with van der Waals surface area (Å²) in [5, 5.41) is 9.69. The fourth-order valence-electron chi connectivity index (χ4n) is 1.85. The highest BCUT2D eigenvalue weighted by atomic mass is 16.5. The van der Waals surface area contributed by atoms with Crippen LogP contribution in [0.25, 0.3) is 0 Å². The van der Waals surface area contributed by atoms with Gasteiger partial charge in [0.2, 0.25) is 23.6 Å². The van der Waals surface area contributed by atoms with Crippen LogP contribution in [-0.2, 0) is 38.2 Å². The maximum atomic E-state index is 11.9. The number of ether oxygens (including phenoxy) is 2. The van der Waals surface area contributed by atoms with Crippen molar-refractivity contribution in [2.45, 2.75) is 67.5 Å². The molecule has 2 atom stereocenters. The first kappa shape index (κ1) is 30.6. The zero-order valence-electron chi connectivity index (χ0n) is 21.0. The van der Waals surface area contributed by atoms with Crippen molar-refractivity contribution in [2.24, 2.45) is 10.8 Å². The lowest BCUT2D eigenvalue weighted by Crippen LogP contribution is -2.48. The van der Waals surface area contributed by atoms with Crippen molar-refractivity contribution < 1.29 is 38.2 Å². The number of carbonyl (C=O) groups is 6. The van der Waals surface area contributed by atoms with Crippen LogP contribution in [0.5, 0.6) is 0 Å². The molecule has 4 amide bonds. The van der Waals surface area contributed by atoms with E-state index in [1.165, 1.54) is 13.8 Å². The summed E-state index contributed by atoms with van der Waals surface area (Å²) >= 11 is 0. The van der Waals surface area contributed by atoms with Crippen LogP contribution in [0.2, 0.25) is 0 Å². The van der Waals surface area contributed by atoms with Gasteiger partial charge in [0.1, 0.15) is 12.1 Å². The molecule has 0 aromatic carbocycles. The first-order valence-electron chi connectivity index (χ1n) is 10.6. The second kappa shape index (κ2) is 13.3. The second-order valence-corrected chi connectivity index (χ2v) is 9.52. The molecule has 0 aliphatic rings. The van der Waals surface area contributed by atoms with Crippen molar-refractivity contribution >= 4 is 35.6 Å². The molecule has 0 saturated heterocycles. The van der Waals surface area contributed by atoms with Crippen LogP contribution < -0.4 is 21.3 Å². The largest absolute Gasteiger partial charge is 0.441 e. The zero-order valence-corrected chi connectivity index (χ0v) is 21.0. The number of esters is 2. The van der Waals surface area contributed by atoms with E-state index < -0.39 is 60.1 Å². The van der Waals surface area contributed by atoms with Gasteiger partial charge in [-0.25, -0.2) is 9.59 Å². The van der Waals surface area contributed by atoms with Gasteiger partial charge in [-0.3, -0.25) is 19.2 Å². The summed E-state index contributed by atoms with van der Waals surface area (Å²) in [6.45, 7) is 12.2. The summed E-state index contributed by atoms with van der Waals surface area (Å²) in [6.07, 6.45) is 1.57. The Kier molecular flexibility index (Phi) is 12.0. The van der Waals surface area contributed by atoms with Crippen molar-refractivity contribution in [1.82, 2.24) is 21.3 Å². The Morgan fingerprint density at radius 1 is 0.647 bits per heavy atom. The molecule has 0 saturated carbocycles. The van der Waals surface area contributed by atoms with E-state index in [9.17, 15) is 28.8 Å². The molecule has 0 heterocycles. The molecule has 0 rings (SSSR count). The molecule has 0 aliphatic heterocycles. The molecule has 12 nitrogen and oxygen atoms in total. The first-order valence-corrected chi connectivity index (χ1v) is 10.6. The molecule has 0 bridgehead atoms. The van der Waals surface area contributed by atoms with Gasteiger partial charge in [0.15, 0.2) is 13.5 Å². The summed E-state index contributed by atoms with van der Waals surface area (Å²) in [4.78, 5) is 70.8. The van der Waals surface area contributed by atoms with Gasteiger partial charge in [0.25, 0.3) is 0 Å². The van der Waals surface area contributed by atoms with Gasteiger partial charge in [-0.15, -0.1) is 0 Å². The van der Waals surface area contributed by atoms with Crippen LogP contribution in [0, 0.1) is 10.8 Å². The van der Waals surface area contributed by atoms with E-state index in [0.29, 0.717) is 0 Å². The third-order valence-corrected chi connectivity index (χ3v) is 4.12. The number of nitrogens with one attached hydrogen (secondary N) is 4. The average Bonchev–Trinajstić information content (AvgIpc) is 2.70. The lowest BCUT2D eigenvalue weighted by molar-refractivity contribution is -0.143. The predicted molar refractivity (Wildman–Crippen MR) is 121 cm³/mol. The Balaban J connectivity index is 4.24. The van der Waals surface area contributed by atoms with Crippen LogP contribution >= 0.6 is 0 Å². The average molecular weight is 485 g/mol. The number of amides is 4. The third kappa shape index (κ3) is 12.6. The van der Waals surface area contributed by atoms with Crippen molar-refractivity contribution in [1.29, 1.82) is 0 Å². The highest BCUT2D eigenvalue weighted by Crippen LogP contribution is 2.13. The zero-order chi connectivity index (χ0) is 26.7. The predicted octanol–water partition coefficient (Wildman–Crippen LogP) is -0.122. The number of carbonyl (C=O) groups excluding carboxylic acids is 6. The van der Waals surface area contributed by atoms with Crippen LogP contribution in [0.1, 0.15) is 55.4 Å². The van der Waals surface area contributed by atoms with Gasteiger partial charge < -0.3 is 30.7 Å². The maximum Gasteiger partial charge on any atom is 0.332 e. The second-order valence-electron chi connectivity index (χ2n) is 9.52. The number of hydrogen-bond acceptors (Lipinski definition) is 8. The van der Waals surface area contributed by atoms with E-state index >= 15 is 0 Å². The topological polar surface area (TPSA) is 169 Å². The number of rotatable bonds is 10. The van der Waals surface area contributed by atoms with E-state index in [0.717, 1.165) is 12.2 Å². The summed E-state index contributed by atoms with van der Waals surface area (Å²) in [7, 11) is 0. The highest BCUT2D eigenvalue weighted by molar-refractivity contribution is 5.92. The first-order chi connectivity index (χ1) is 15.4. The Morgan fingerprint density at radius 2 is 0.941 bits per heavy atom. The third-order valence-electron chi connectivity index (χ3n) is 4.12. The minimum absolute atomic E-state index is 0.311. The molecule has 34 heavy (non-hydrogen) atoms. The van der Waals surface area contributed by atoms with Crippen molar-refractivity contribution in [3.05, 3.63) is 12.2 Å². The Morgan fingerprint density at radius 3 is 1.21 bits per heavy atom. The van der Waals surface area contributed by atoms with Crippen LogP contribution in [-0.4, -0.2) is 61.1 Å². The summed E-state index contributed by atoms with van der Waals surface area (Å²) < 4.78 is 9.47. The van der Waals surface area contributed by atoms with Crippen molar-refractivity contribution in [3.8, 4) is 0 Å². The lowest BCUT2D eigenvalue weighted by Gasteiger charge is -2.21. The normalized spacial score (nSPS) is 13.3. The van der Waals surface area contributed by atoms with E-state index in [-0.39, 0.29) is 11.8 Å². The van der Waals surface area contributed by atoms with Gasteiger partial charge in [-0.1, -0.05) is 41.5 Å². The SMILES string of the molecule is C[C@H](NC(=O)C(C)(C)C)C(=O)NCOC(=O)/C=C/C(=O)OCNC(=O)[C@H](C)NC(=O)C(C)(C)C. The molecule has 0 spiro atoms. The summed E-state index contributed by atoms with van der Waals surface area (Å²) in [6, 6.07) is -1.67. The van der Waals surface area contributed by atoms with E-state index in [1.807, 2.05) is 0 Å². The molecule has 12 heteroatoms. The van der Waals surface area contributed by atoms with Crippen LogP contribution in [0.15, 0.2) is 12.2 Å². The molecule has 0 radical (unpaired) electrons. The Hall–Kier alpha value is -3.44. The molecule has 0 unspecified atom stereocenters. The molecule has 192 valence electrons. The van der Waals surface area contributed by atoms with E-state index in [2.05, 4.69) is 21.3 Å². The molecule has 0 aromatic rings. The van der Waals surface area contributed by atoms with Gasteiger partial charge in [0, 0.05) is 23.0 Å². The van der Waals surface area contributed by atoms with Crippen molar-refractivity contribution in [3.63, 3.8) is 0 Å². The lowest BCUT2D eigenvalue weighted by atomic mass is 9.95. The Bertz CT molecular complexity index is 743. The maximum absolute atomic E-state index is 11.9. The summed E-state index contributed by atoms with van der Waals surface area (Å²) in [5.74, 6) is -3.59. The fraction of sp³-hybridized carbons (Fsp3) is 0.636. The molecular weight excluding hydrogens is 448 g/mol. The smallest absolute Gasteiger partial charge is 0.332 e. The molecule has 4 N–H and O–H groups in total. The fourth-order valence-corrected chi connectivity index (χ4v) is 1.85. The Labute approximate surface area is 199 Å². The quantitative estimate of drug-likeness (QED) is 0.189. The van der Waals surface area contributed by atoms with Gasteiger partial charge >= 0.3 is 11.9 Å². The minimum atomic E-state index is -0.925. The standard InChI is InChI=1S/C22H36N4O8/c1-13(25-19(31)21(3,4)5)17(29)23-11-33-15(27)9-10-16(28)34-12-24-18(30)14(2)26-20(32)22(6,7)8/h9-10,13-14H,11-12H2,1-8H3,(H,23,29)(H,24,30)(H,25,31)(H,26,32)/b10-9+/t13-,14-/m0/s1. The van der Waals surface area contributed by atoms with E-state index in [4.69, 9.17) is 9.47 Å². The number of hydrogen-bond donors (Lipinski definition) is 4. The van der Waals surface area contributed by atoms with Crippen molar-refractivity contribution in [2.75, 3.05) is 13.5 Å². The summed E-state index contributed by atoms with van der Waals surface area (Å²) in [5.41, 5.74) is -1.33. The van der Waals surface area contributed by atoms with Crippen LogP contribution in [0.3, 0.4) is 0 Å². The molecule has 0 aromatic heterocycles. The molecule has 0 fully saturated rings. The minimum Gasteiger partial charge on any atom is -0.441 e. The monoisotopic (exact) mass is 484 g/mol. The van der Waals surface area contributed by atoms with Gasteiger partial charge in [0.05, 0.1) is 0 Å². The highest BCUT2D eigenvalue weighted by Gasteiger charge is 2.26. The van der Waals surface area contributed by atoms with Gasteiger partial charge in [-0.05, 0) is 13.8 Å². The van der Waals surface area contributed by atoms with Crippen LogP contribution in [0.4, 0.5) is 0 Å².